The first kappa shape index (κ1) is 12.1. The van der Waals surface area contributed by atoms with E-state index >= 15 is 0 Å². The first-order valence-electron chi connectivity index (χ1n) is 6.57. The van der Waals surface area contributed by atoms with Crippen molar-refractivity contribution in [2.24, 2.45) is 0 Å². The predicted octanol–water partition coefficient (Wildman–Crippen LogP) is 2.28. The molecule has 0 bridgehead atoms. The molecule has 2 aliphatic rings. The van der Waals surface area contributed by atoms with Crippen LogP contribution in [0.15, 0.2) is 0 Å². The molecule has 0 unspecified atom stereocenters. The maximum atomic E-state index is 11.8. The summed E-state index contributed by atoms with van der Waals surface area (Å²) in [5.41, 5.74) is 1.01. The van der Waals surface area contributed by atoms with Gasteiger partial charge in [-0.05, 0) is 26.7 Å². The van der Waals surface area contributed by atoms with Crippen LogP contribution < -0.4 is 4.90 Å². The zero-order valence-corrected chi connectivity index (χ0v) is 11.6. The quantitative estimate of drug-likeness (QED) is 0.782. The lowest BCUT2D eigenvalue weighted by molar-refractivity contribution is -0.00523. The van der Waals surface area contributed by atoms with Crippen molar-refractivity contribution in [1.82, 2.24) is 4.98 Å². The van der Waals surface area contributed by atoms with E-state index in [1.54, 1.807) is 11.3 Å². The first-order valence-corrected chi connectivity index (χ1v) is 7.38. The molecule has 5 heteroatoms. The normalized spacial score (nSPS) is 28.3. The fraction of sp³-hybridized carbons (Fsp3) is 0.692. The minimum atomic E-state index is 0.227. The molecule has 2 atom stereocenters. The Kier molecular flexibility index (Phi) is 3.11. The van der Waals surface area contributed by atoms with Gasteiger partial charge in [0.25, 0.3) is 0 Å². The summed E-state index contributed by atoms with van der Waals surface area (Å²) in [7, 11) is 0. The van der Waals surface area contributed by atoms with E-state index in [9.17, 15) is 4.79 Å². The molecule has 1 aliphatic heterocycles. The summed E-state index contributed by atoms with van der Waals surface area (Å²) < 4.78 is 5.73. The Morgan fingerprint density at radius 3 is 2.67 bits per heavy atom. The van der Waals surface area contributed by atoms with Gasteiger partial charge in [0.2, 0.25) is 0 Å². The lowest BCUT2D eigenvalue weighted by Crippen LogP contribution is -2.45. The van der Waals surface area contributed by atoms with Crippen molar-refractivity contribution in [2.75, 3.05) is 18.0 Å². The van der Waals surface area contributed by atoms with Crippen LogP contribution in [0.5, 0.6) is 0 Å². The van der Waals surface area contributed by atoms with E-state index in [1.807, 2.05) is 0 Å². The molecular weight excluding hydrogens is 248 g/mol. The van der Waals surface area contributed by atoms with Gasteiger partial charge in [-0.1, -0.05) is 11.3 Å². The number of ketones is 1. The molecule has 1 saturated heterocycles. The van der Waals surface area contributed by atoms with E-state index in [0.29, 0.717) is 6.42 Å². The molecule has 0 saturated carbocycles. The summed E-state index contributed by atoms with van der Waals surface area (Å²) in [5, 5.41) is 0.997. The van der Waals surface area contributed by atoms with Gasteiger partial charge >= 0.3 is 0 Å². The van der Waals surface area contributed by atoms with Gasteiger partial charge in [-0.15, -0.1) is 0 Å². The molecule has 1 aromatic heterocycles. The molecule has 18 heavy (non-hydrogen) atoms. The monoisotopic (exact) mass is 266 g/mol. The Morgan fingerprint density at radius 2 is 2.00 bits per heavy atom. The number of aromatic nitrogens is 1. The van der Waals surface area contributed by atoms with Crippen molar-refractivity contribution in [2.45, 2.75) is 45.3 Å². The number of carbonyl (C=O) groups excluding carboxylic acids is 1. The van der Waals surface area contributed by atoms with Gasteiger partial charge in [-0.25, -0.2) is 4.98 Å². The van der Waals surface area contributed by atoms with Crippen LogP contribution in [0.25, 0.3) is 0 Å². The highest BCUT2D eigenvalue weighted by molar-refractivity contribution is 7.17. The molecule has 2 heterocycles. The highest BCUT2D eigenvalue weighted by Gasteiger charge is 2.28. The minimum absolute atomic E-state index is 0.227. The zero-order chi connectivity index (χ0) is 12.7. The average molecular weight is 266 g/mol. The largest absolute Gasteiger partial charge is 0.372 e. The van der Waals surface area contributed by atoms with Crippen molar-refractivity contribution in [1.29, 1.82) is 0 Å². The molecule has 1 aliphatic carbocycles. The smallest absolute Gasteiger partial charge is 0.186 e. The summed E-state index contributed by atoms with van der Waals surface area (Å²) in [6.07, 6.45) is 3.04. The van der Waals surface area contributed by atoms with Crippen molar-refractivity contribution in [3.8, 4) is 0 Å². The van der Waals surface area contributed by atoms with Gasteiger partial charge in [0, 0.05) is 19.5 Å². The first-order chi connectivity index (χ1) is 8.63. The van der Waals surface area contributed by atoms with Crippen molar-refractivity contribution in [3.63, 3.8) is 0 Å². The number of hydrogen-bond acceptors (Lipinski definition) is 5. The van der Waals surface area contributed by atoms with Crippen LogP contribution in [-0.4, -0.2) is 36.1 Å². The van der Waals surface area contributed by atoms with E-state index in [-0.39, 0.29) is 18.0 Å². The molecule has 0 N–H and O–H groups in total. The summed E-state index contributed by atoms with van der Waals surface area (Å²) in [5.74, 6) is 0.273. The summed E-state index contributed by atoms with van der Waals surface area (Å²) in [6, 6.07) is 0. The number of nitrogens with zero attached hydrogens (tertiary/aromatic N) is 2. The zero-order valence-electron chi connectivity index (χ0n) is 10.8. The van der Waals surface area contributed by atoms with Crippen LogP contribution in [0.4, 0.5) is 5.13 Å². The Morgan fingerprint density at radius 1 is 1.28 bits per heavy atom. The maximum absolute atomic E-state index is 11.8. The molecule has 0 radical (unpaired) electrons. The molecule has 4 nitrogen and oxygen atoms in total. The third-order valence-corrected chi connectivity index (χ3v) is 4.65. The van der Waals surface area contributed by atoms with E-state index in [1.165, 1.54) is 0 Å². The molecule has 0 aromatic carbocycles. The number of thiazole rings is 1. The molecule has 0 amide bonds. The van der Waals surface area contributed by atoms with Gasteiger partial charge in [-0.3, -0.25) is 4.79 Å². The molecule has 1 fully saturated rings. The minimum Gasteiger partial charge on any atom is -0.372 e. The third kappa shape index (κ3) is 2.17. The topological polar surface area (TPSA) is 42.4 Å². The predicted molar refractivity (Wildman–Crippen MR) is 71.6 cm³/mol. The van der Waals surface area contributed by atoms with Crippen LogP contribution >= 0.6 is 11.3 Å². The van der Waals surface area contributed by atoms with E-state index in [2.05, 4.69) is 23.7 Å². The number of hydrogen-bond donors (Lipinski definition) is 0. The fourth-order valence-corrected chi connectivity index (χ4v) is 3.82. The van der Waals surface area contributed by atoms with Crippen molar-refractivity contribution >= 4 is 22.3 Å². The number of morpholine rings is 1. The second kappa shape index (κ2) is 4.63. The average Bonchev–Trinajstić information content (AvgIpc) is 2.73. The van der Waals surface area contributed by atoms with Gasteiger partial charge in [0.15, 0.2) is 10.9 Å². The number of Topliss-reactive ketones (excluding diaryl/α,β-unsaturated/α-hetero) is 1. The van der Waals surface area contributed by atoms with Crippen LogP contribution in [-0.2, 0) is 11.2 Å². The lowest BCUT2D eigenvalue weighted by atomic mass is 10.0. The summed E-state index contributed by atoms with van der Waals surface area (Å²) in [6.45, 7) is 5.90. The molecule has 3 rings (SSSR count). The number of carbonyl (C=O) groups is 1. The SMILES string of the molecule is C[C@@H]1CN(c2nc3c(s2)C(=O)CCC3)C[C@H](C)O1. The van der Waals surface area contributed by atoms with Crippen LogP contribution in [0.3, 0.4) is 0 Å². The van der Waals surface area contributed by atoms with Crippen molar-refractivity contribution in [3.05, 3.63) is 10.6 Å². The van der Waals surface area contributed by atoms with Crippen LogP contribution in [0.1, 0.15) is 42.1 Å². The third-order valence-electron chi connectivity index (χ3n) is 3.45. The fourth-order valence-electron chi connectivity index (χ4n) is 2.73. The summed E-state index contributed by atoms with van der Waals surface area (Å²) >= 11 is 1.56. The van der Waals surface area contributed by atoms with E-state index < -0.39 is 0 Å². The van der Waals surface area contributed by atoms with E-state index in [0.717, 1.165) is 41.6 Å². The second-order valence-electron chi connectivity index (χ2n) is 5.21. The number of ether oxygens (including phenoxy) is 1. The number of anilines is 1. The Balaban J connectivity index is 1.86. The highest BCUT2D eigenvalue weighted by Crippen LogP contribution is 2.32. The van der Waals surface area contributed by atoms with E-state index in [4.69, 9.17) is 4.74 Å². The van der Waals surface area contributed by atoms with Gasteiger partial charge in [0.05, 0.1) is 22.8 Å². The lowest BCUT2D eigenvalue weighted by Gasteiger charge is -2.35. The standard InChI is InChI=1S/C13H18N2O2S/c1-8-6-15(7-9(2)17-8)13-14-10-4-3-5-11(16)12(10)18-13/h8-9H,3-7H2,1-2H3/t8-,9+. The Hall–Kier alpha value is -0.940. The molecule has 98 valence electrons. The molecule has 0 spiro atoms. The van der Waals surface area contributed by atoms with Gasteiger partial charge < -0.3 is 9.64 Å². The molecule has 1 aromatic rings. The number of aryl methyl sites for hydroxylation is 1. The Labute approximate surface area is 111 Å². The second-order valence-corrected chi connectivity index (χ2v) is 6.19. The highest BCUT2D eigenvalue weighted by atomic mass is 32.1. The van der Waals surface area contributed by atoms with Crippen LogP contribution in [0, 0.1) is 0 Å². The maximum Gasteiger partial charge on any atom is 0.186 e. The van der Waals surface area contributed by atoms with Gasteiger partial charge in [0.1, 0.15) is 0 Å². The van der Waals surface area contributed by atoms with Crippen molar-refractivity contribution < 1.29 is 9.53 Å². The van der Waals surface area contributed by atoms with Gasteiger partial charge in [-0.2, -0.15) is 0 Å². The summed E-state index contributed by atoms with van der Waals surface area (Å²) in [4.78, 5) is 19.7. The number of fused-ring (bicyclic) bond motifs is 1. The molecular formula is C13H18N2O2S. The number of rotatable bonds is 1. The van der Waals surface area contributed by atoms with Crippen LogP contribution in [0.2, 0.25) is 0 Å². The Bertz CT molecular complexity index is 462.